The summed E-state index contributed by atoms with van der Waals surface area (Å²) in [7, 11) is 3.19. The van der Waals surface area contributed by atoms with Crippen molar-refractivity contribution in [2.24, 2.45) is 0 Å². The molecule has 0 spiro atoms. The average Bonchev–Trinajstić information content (AvgIpc) is 2.17. The molecule has 1 N–H and O–H groups in total. The highest BCUT2D eigenvalue weighted by Crippen LogP contribution is 2.12. The van der Waals surface area contributed by atoms with E-state index in [1.165, 1.54) is 7.11 Å². The Hall–Kier alpha value is -1.55. The molecule has 0 saturated carbocycles. The molecule has 4 nitrogen and oxygen atoms in total. The van der Waals surface area contributed by atoms with Crippen molar-refractivity contribution in [3.8, 4) is 5.75 Å². The molecule has 0 aliphatic rings. The number of esters is 1. The van der Waals surface area contributed by atoms with Crippen LogP contribution in [0.4, 0.5) is 0 Å². The molecule has 0 fully saturated rings. The van der Waals surface area contributed by atoms with Crippen molar-refractivity contribution in [1.29, 1.82) is 0 Å². The first-order valence-corrected chi connectivity index (χ1v) is 4.65. The zero-order valence-corrected chi connectivity index (χ0v) is 8.93. The molecular weight excluding hydrogens is 194 g/mol. The van der Waals surface area contributed by atoms with E-state index in [0.29, 0.717) is 6.54 Å². The smallest absolute Gasteiger partial charge is 0.319 e. The van der Waals surface area contributed by atoms with E-state index in [1.807, 2.05) is 18.0 Å². The summed E-state index contributed by atoms with van der Waals surface area (Å²) >= 11 is 0. The Labute approximate surface area is 89.1 Å². The number of benzene rings is 1. The van der Waals surface area contributed by atoms with E-state index in [9.17, 15) is 9.90 Å². The molecule has 4 heteroatoms. The van der Waals surface area contributed by atoms with Gasteiger partial charge in [0.1, 0.15) is 5.75 Å². The van der Waals surface area contributed by atoms with Crippen molar-refractivity contribution in [2.45, 2.75) is 6.54 Å². The van der Waals surface area contributed by atoms with Crippen molar-refractivity contribution < 1.29 is 14.6 Å². The normalized spacial score (nSPS) is 10.3. The third kappa shape index (κ3) is 3.99. The highest BCUT2D eigenvalue weighted by Gasteiger charge is 2.06. The van der Waals surface area contributed by atoms with E-state index in [1.54, 1.807) is 18.2 Å². The van der Waals surface area contributed by atoms with Crippen LogP contribution in [0.2, 0.25) is 0 Å². The number of carbonyl (C=O) groups is 1. The Morgan fingerprint density at radius 3 is 2.87 bits per heavy atom. The van der Waals surface area contributed by atoms with Gasteiger partial charge in [0.05, 0.1) is 13.7 Å². The van der Waals surface area contributed by atoms with Crippen LogP contribution in [-0.4, -0.2) is 36.7 Å². The highest BCUT2D eigenvalue weighted by atomic mass is 16.5. The summed E-state index contributed by atoms with van der Waals surface area (Å²) in [5, 5.41) is 9.24. The lowest BCUT2D eigenvalue weighted by molar-refractivity contribution is -0.141. The van der Waals surface area contributed by atoms with Crippen LogP contribution in [0, 0.1) is 0 Å². The van der Waals surface area contributed by atoms with E-state index in [2.05, 4.69) is 4.74 Å². The average molecular weight is 209 g/mol. The number of hydrogen-bond donors (Lipinski definition) is 1. The number of phenolic OH excluding ortho intramolecular Hbond substituents is 1. The SMILES string of the molecule is COC(=O)CN(C)Cc1cccc(O)c1. The fourth-order valence-electron chi connectivity index (χ4n) is 1.31. The minimum Gasteiger partial charge on any atom is -0.508 e. The number of phenols is 1. The van der Waals surface area contributed by atoms with Gasteiger partial charge in [-0.15, -0.1) is 0 Å². The minimum absolute atomic E-state index is 0.235. The molecule has 0 unspecified atom stereocenters. The number of methoxy groups -OCH3 is 1. The largest absolute Gasteiger partial charge is 0.508 e. The molecule has 0 saturated heterocycles. The third-order valence-electron chi connectivity index (χ3n) is 1.99. The number of likely N-dealkylation sites (N-methyl/N-ethyl adjacent to an activating group) is 1. The number of ether oxygens (including phenoxy) is 1. The maximum absolute atomic E-state index is 11.0. The van der Waals surface area contributed by atoms with Crippen molar-refractivity contribution in [2.75, 3.05) is 20.7 Å². The van der Waals surface area contributed by atoms with Crippen molar-refractivity contribution in [1.82, 2.24) is 4.90 Å². The second-order valence-corrected chi connectivity index (χ2v) is 3.42. The second kappa shape index (κ2) is 5.36. The van der Waals surface area contributed by atoms with Gasteiger partial charge in [-0.1, -0.05) is 12.1 Å². The minimum atomic E-state index is -0.266. The van der Waals surface area contributed by atoms with Crippen molar-refractivity contribution >= 4 is 5.97 Å². The lowest BCUT2D eigenvalue weighted by Crippen LogP contribution is -2.26. The summed E-state index contributed by atoms with van der Waals surface area (Å²) in [5.74, 6) is -0.0309. The summed E-state index contributed by atoms with van der Waals surface area (Å²) in [4.78, 5) is 12.8. The fraction of sp³-hybridized carbons (Fsp3) is 0.364. The molecule has 1 aromatic carbocycles. The number of rotatable bonds is 4. The zero-order valence-electron chi connectivity index (χ0n) is 8.93. The quantitative estimate of drug-likeness (QED) is 0.751. The van der Waals surface area contributed by atoms with E-state index in [-0.39, 0.29) is 18.3 Å². The van der Waals surface area contributed by atoms with Crippen molar-refractivity contribution in [3.63, 3.8) is 0 Å². The van der Waals surface area contributed by atoms with E-state index >= 15 is 0 Å². The van der Waals surface area contributed by atoms with E-state index in [4.69, 9.17) is 0 Å². The van der Waals surface area contributed by atoms with Gasteiger partial charge in [0.25, 0.3) is 0 Å². The van der Waals surface area contributed by atoms with Crippen LogP contribution in [0.1, 0.15) is 5.56 Å². The van der Waals surface area contributed by atoms with Crippen LogP contribution >= 0.6 is 0 Å². The molecule has 1 rings (SSSR count). The van der Waals surface area contributed by atoms with E-state index in [0.717, 1.165) is 5.56 Å². The Bertz CT molecular complexity index is 338. The standard InChI is InChI=1S/C11H15NO3/c1-12(8-11(14)15-2)7-9-4-3-5-10(13)6-9/h3-6,13H,7-8H2,1-2H3. The molecule has 0 atom stereocenters. The lowest BCUT2D eigenvalue weighted by Gasteiger charge is -2.14. The van der Waals surface area contributed by atoms with Crippen LogP contribution < -0.4 is 0 Å². The van der Waals surface area contributed by atoms with Gasteiger partial charge in [0.15, 0.2) is 0 Å². The number of aromatic hydroxyl groups is 1. The maximum atomic E-state index is 11.0. The van der Waals surface area contributed by atoms with Gasteiger partial charge in [-0.05, 0) is 24.7 Å². The Balaban J connectivity index is 2.51. The van der Waals surface area contributed by atoms with Gasteiger partial charge in [-0.3, -0.25) is 9.69 Å². The van der Waals surface area contributed by atoms with E-state index < -0.39 is 0 Å². The number of carbonyl (C=O) groups excluding carboxylic acids is 1. The van der Waals surface area contributed by atoms with Gasteiger partial charge >= 0.3 is 5.97 Å². The topological polar surface area (TPSA) is 49.8 Å². The number of nitrogens with zero attached hydrogens (tertiary/aromatic N) is 1. The van der Waals surface area contributed by atoms with Gasteiger partial charge in [0, 0.05) is 6.54 Å². The van der Waals surface area contributed by atoms with Gasteiger partial charge < -0.3 is 9.84 Å². The molecule has 0 aromatic heterocycles. The number of hydrogen-bond acceptors (Lipinski definition) is 4. The lowest BCUT2D eigenvalue weighted by atomic mass is 10.2. The predicted molar refractivity (Wildman–Crippen MR) is 56.5 cm³/mol. The summed E-state index contributed by atoms with van der Waals surface area (Å²) in [5.41, 5.74) is 0.960. The van der Waals surface area contributed by atoms with Crippen LogP contribution in [-0.2, 0) is 16.1 Å². The highest BCUT2D eigenvalue weighted by molar-refractivity contribution is 5.71. The maximum Gasteiger partial charge on any atom is 0.319 e. The molecular formula is C11H15NO3. The first kappa shape index (κ1) is 11.5. The molecule has 0 amide bonds. The van der Waals surface area contributed by atoms with Crippen LogP contribution in [0.3, 0.4) is 0 Å². The molecule has 1 aromatic rings. The molecule has 0 bridgehead atoms. The second-order valence-electron chi connectivity index (χ2n) is 3.42. The molecule has 15 heavy (non-hydrogen) atoms. The molecule has 0 radical (unpaired) electrons. The summed E-state index contributed by atoms with van der Waals surface area (Å²) < 4.78 is 4.55. The summed E-state index contributed by atoms with van der Waals surface area (Å²) in [6.07, 6.45) is 0. The molecule has 0 aliphatic heterocycles. The Morgan fingerprint density at radius 1 is 1.53 bits per heavy atom. The zero-order chi connectivity index (χ0) is 11.3. The van der Waals surface area contributed by atoms with Gasteiger partial charge in [-0.2, -0.15) is 0 Å². The monoisotopic (exact) mass is 209 g/mol. The Morgan fingerprint density at radius 2 is 2.27 bits per heavy atom. The van der Waals surface area contributed by atoms with Crippen LogP contribution in [0.15, 0.2) is 24.3 Å². The van der Waals surface area contributed by atoms with Gasteiger partial charge in [-0.25, -0.2) is 0 Å². The van der Waals surface area contributed by atoms with Crippen LogP contribution in [0.5, 0.6) is 5.75 Å². The van der Waals surface area contributed by atoms with Crippen LogP contribution in [0.25, 0.3) is 0 Å². The fourth-order valence-corrected chi connectivity index (χ4v) is 1.31. The van der Waals surface area contributed by atoms with Crippen molar-refractivity contribution in [3.05, 3.63) is 29.8 Å². The summed E-state index contributed by atoms with van der Waals surface area (Å²) in [6.45, 7) is 0.843. The third-order valence-corrected chi connectivity index (χ3v) is 1.99. The first-order valence-electron chi connectivity index (χ1n) is 4.65. The molecule has 82 valence electrons. The summed E-state index contributed by atoms with van der Waals surface area (Å²) in [6, 6.07) is 6.96. The van der Waals surface area contributed by atoms with Gasteiger partial charge in [0.2, 0.25) is 0 Å². The molecule has 0 heterocycles. The predicted octanol–water partition coefficient (Wildman–Crippen LogP) is 0.997. The Kier molecular flexibility index (Phi) is 4.12. The molecule has 0 aliphatic carbocycles. The first-order chi connectivity index (χ1) is 7.11.